The number of aliphatic hydroxyl groups excluding tert-OH is 1. The molecule has 6 nitrogen and oxygen atoms in total. The van der Waals surface area contributed by atoms with Crippen molar-refractivity contribution in [3.05, 3.63) is 57.3 Å². The lowest BCUT2D eigenvalue weighted by Gasteiger charge is -2.25. The van der Waals surface area contributed by atoms with Crippen LogP contribution in [0.2, 0.25) is 0 Å². The van der Waals surface area contributed by atoms with Gasteiger partial charge in [-0.1, -0.05) is 26.8 Å². The average molecular weight is 472 g/mol. The van der Waals surface area contributed by atoms with E-state index >= 15 is 0 Å². The maximum absolute atomic E-state index is 13.1. The van der Waals surface area contributed by atoms with E-state index in [4.69, 9.17) is 9.47 Å². The fourth-order valence-corrected chi connectivity index (χ4v) is 4.85. The van der Waals surface area contributed by atoms with E-state index in [-0.39, 0.29) is 22.9 Å². The van der Waals surface area contributed by atoms with Crippen molar-refractivity contribution in [1.29, 1.82) is 0 Å². The van der Waals surface area contributed by atoms with Gasteiger partial charge >= 0.3 is 0 Å². The van der Waals surface area contributed by atoms with Gasteiger partial charge in [-0.2, -0.15) is 0 Å². The van der Waals surface area contributed by atoms with Gasteiger partial charge in [0.15, 0.2) is 0 Å². The second-order valence-electron chi connectivity index (χ2n) is 9.45. The lowest BCUT2D eigenvalue weighted by Crippen LogP contribution is -2.31. The Morgan fingerprint density at radius 1 is 1.21 bits per heavy atom. The van der Waals surface area contributed by atoms with Gasteiger partial charge in [-0.15, -0.1) is 11.3 Å². The predicted octanol–water partition coefficient (Wildman–Crippen LogP) is 5.29. The summed E-state index contributed by atoms with van der Waals surface area (Å²) in [5, 5.41) is 13.2. The number of hydrogen-bond acceptors (Lipinski definition) is 6. The molecule has 0 aliphatic carbocycles. The highest BCUT2D eigenvalue weighted by molar-refractivity contribution is 7.10. The number of ketones is 1. The summed E-state index contributed by atoms with van der Waals surface area (Å²) in [6, 6.07) is 8.50. The molecule has 1 unspecified atom stereocenters. The third-order valence-corrected chi connectivity index (χ3v) is 6.55. The van der Waals surface area contributed by atoms with Crippen LogP contribution in [0.1, 0.15) is 63.1 Å². The monoisotopic (exact) mass is 471 g/mol. The Hall–Kier alpha value is -2.64. The SMILES string of the molecule is COc1ccc(/C(O)=C2/C(=O)C(=O)N(CCCOC(C)C)C2c2cccs2)cc1C(C)(C)C. The van der Waals surface area contributed by atoms with Crippen molar-refractivity contribution in [3.8, 4) is 5.75 Å². The molecule has 1 aromatic heterocycles. The summed E-state index contributed by atoms with van der Waals surface area (Å²) in [6.07, 6.45) is 0.699. The number of Topliss-reactive ketones (excluding diaryl/α,β-unsaturated/α-hetero) is 1. The largest absolute Gasteiger partial charge is 0.507 e. The Bertz CT molecular complexity index is 1030. The minimum atomic E-state index is -0.663. The van der Waals surface area contributed by atoms with Crippen LogP contribution in [0.4, 0.5) is 0 Å². The number of hydrogen-bond donors (Lipinski definition) is 1. The van der Waals surface area contributed by atoms with Crippen molar-refractivity contribution in [1.82, 2.24) is 4.90 Å². The predicted molar refractivity (Wildman–Crippen MR) is 131 cm³/mol. The van der Waals surface area contributed by atoms with Gasteiger partial charge in [-0.3, -0.25) is 9.59 Å². The third-order valence-electron chi connectivity index (χ3n) is 5.63. The number of carbonyl (C=O) groups is 2. The zero-order valence-electron chi connectivity index (χ0n) is 20.2. The molecule has 1 atom stereocenters. The van der Waals surface area contributed by atoms with E-state index in [1.165, 1.54) is 11.3 Å². The Labute approximate surface area is 199 Å². The number of thiophene rings is 1. The summed E-state index contributed by atoms with van der Waals surface area (Å²) in [6.45, 7) is 10.9. The van der Waals surface area contributed by atoms with Crippen molar-refractivity contribution >= 4 is 28.8 Å². The van der Waals surface area contributed by atoms with Crippen LogP contribution in [-0.4, -0.2) is 48.1 Å². The van der Waals surface area contributed by atoms with Crippen molar-refractivity contribution in [2.75, 3.05) is 20.3 Å². The van der Waals surface area contributed by atoms with Gasteiger partial charge in [-0.05, 0) is 55.3 Å². The van der Waals surface area contributed by atoms with E-state index in [0.29, 0.717) is 30.9 Å². The highest BCUT2D eigenvalue weighted by Gasteiger charge is 2.46. The first-order chi connectivity index (χ1) is 15.6. The molecule has 1 aromatic carbocycles. The van der Waals surface area contributed by atoms with E-state index in [1.807, 2.05) is 37.4 Å². The number of ether oxygens (including phenoxy) is 2. The van der Waals surface area contributed by atoms with E-state index in [1.54, 1.807) is 24.1 Å². The van der Waals surface area contributed by atoms with Crippen LogP contribution in [0.15, 0.2) is 41.3 Å². The molecule has 0 radical (unpaired) electrons. The molecular formula is C26H33NO5S. The van der Waals surface area contributed by atoms with Crippen LogP contribution in [0.5, 0.6) is 5.75 Å². The van der Waals surface area contributed by atoms with Gasteiger partial charge in [0.2, 0.25) is 0 Å². The number of rotatable bonds is 8. The first-order valence-electron chi connectivity index (χ1n) is 11.2. The van der Waals surface area contributed by atoms with E-state index in [0.717, 1.165) is 10.4 Å². The molecule has 7 heteroatoms. The lowest BCUT2D eigenvalue weighted by molar-refractivity contribution is -0.140. The molecule has 1 aliphatic heterocycles. The first kappa shape index (κ1) is 25.0. The molecule has 0 spiro atoms. The van der Waals surface area contributed by atoms with Crippen LogP contribution in [0, 0.1) is 0 Å². The zero-order valence-corrected chi connectivity index (χ0v) is 21.0. The van der Waals surface area contributed by atoms with Gasteiger partial charge in [-0.25, -0.2) is 0 Å². The zero-order chi connectivity index (χ0) is 24.3. The van der Waals surface area contributed by atoms with Crippen LogP contribution < -0.4 is 4.74 Å². The van der Waals surface area contributed by atoms with Crippen molar-refractivity contribution in [3.63, 3.8) is 0 Å². The molecule has 33 heavy (non-hydrogen) atoms. The van der Waals surface area contributed by atoms with Gasteiger partial charge < -0.3 is 19.5 Å². The molecule has 1 N–H and O–H groups in total. The molecule has 3 rings (SSSR count). The quantitative estimate of drug-likeness (QED) is 0.245. The molecular weight excluding hydrogens is 438 g/mol. The van der Waals surface area contributed by atoms with Gasteiger partial charge in [0.05, 0.1) is 24.8 Å². The number of likely N-dealkylation sites (tertiary alicyclic amines) is 1. The maximum Gasteiger partial charge on any atom is 0.295 e. The topological polar surface area (TPSA) is 76.1 Å². The number of benzene rings is 1. The molecule has 0 saturated carbocycles. The number of amides is 1. The minimum Gasteiger partial charge on any atom is -0.507 e. The molecule has 1 aliphatic rings. The smallest absolute Gasteiger partial charge is 0.295 e. The number of aliphatic hydroxyl groups is 1. The van der Waals surface area contributed by atoms with Crippen LogP contribution in [0.3, 0.4) is 0 Å². The summed E-state index contributed by atoms with van der Waals surface area (Å²) in [5.74, 6) is -0.715. The normalized spacial score (nSPS) is 18.4. The van der Waals surface area contributed by atoms with Crippen molar-refractivity contribution < 1.29 is 24.2 Å². The van der Waals surface area contributed by atoms with Crippen molar-refractivity contribution in [2.24, 2.45) is 0 Å². The van der Waals surface area contributed by atoms with Crippen LogP contribution in [-0.2, 0) is 19.7 Å². The Kier molecular flexibility index (Phi) is 7.65. The lowest BCUT2D eigenvalue weighted by atomic mass is 9.84. The Morgan fingerprint density at radius 3 is 2.52 bits per heavy atom. The van der Waals surface area contributed by atoms with Gasteiger partial charge in [0.1, 0.15) is 11.5 Å². The third kappa shape index (κ3) is 5.31. The standard InChI is InChI=1S/C26H33NO5S/c1-16(2)32-13-8-12-27-22(20-9-7-14-33-20)21(24(29)25(27)30)23(28)17-10-11-19(31-6)18(15-17)26(3,4)5/h7,9-11,14-16,22,28H,8,12-13H2,1-6H3/b23-21-. The molecule has 178 valence electrons. The van der Waals surface area contributed by atoms with Crippen molar-refractivity contribution in [2.45, 2.75) is 58.6 Å². The summed E-state index contributed by atoms with van der Waals surface area (Å²) < 4.78 is 11.1. The second-order valence-corrected chi connectivity index (χ2v) is 10.4. The fourth-order valence-electron chi connectivity index (χ4n) is 4.00. The van der Waals surface area contributed by atoms with E-state index in [2.05, 4.69) is 20.8 Å². The Balaban J connectivity index is 2.05. The van der Waals surface area contributed by atoms with E-state index in [9.17, 15) is 14.7 Å². The summed E-state index contributed by atoms with van der Waals surface area (Å²) in [5.41, 5.74) is 1.28. The highest BCUT2D eigenvalue weighted by Crippen LogP contribution is 2.42. The van der Waals surface area contributed by atoms with E-state index < -0.39 is 17.7 Å². The second kappa shape index (κ2) is 10.1. The first-order valence-corrected chi connectivity index (χ1v) is 12.1. The highest BCUT2D eigenvalue weighted by atomic mass is 32.1. The maximum atomic E-state index is 13.1. The Morgan fingerprint density at radius 2 is 1.94 bits per heavy atom. The molecule has 1 amide bonds. The number of carbonyl (C=O) groups excluding carboxylic acids is 2. The molecule has 2 heterocycles. The minimum absolute atomic E-state index is 0.0978. The fraction of sp³-hybridized carbons (Fsp3) is 0.462. The average Bonchev–Trinajstić information content (AvgIpc) is 3.37. The molecule has 0 bridgehead atoms. The summed E-state index contributed by atoms with van der Waals surface area (Å²) in [4.78, 5) is 28.5. The van der Waals surface area contributed by atoms with Gasteiger partial charge in [0.25, 0.3) is 11.7 Å². The molecule has 1 saturated heterocycles. The summed E-state index contributed by atoms with van der Waals surface area (Å²) >= 11 is 1.46. The summed E-state index contributed by atoms with van der Waals surface area (Å²) in [7, 11) is 1.61. The number of nitrogens with zero attached hydrogens (tertiary/aromatic N) is 1. The molecule has 1 fully saturated rings. The van der Waals surface area contributed by atoms with Crippen LogP contribution >= 0.6 is 11.3 Å². The molecule has 2 aromatic rings. The van der Waals surface area contributed by atoms with Gasteiger partial charge in [0, 0.05) is 29.2 Å². The number of methoxy groups -OCH3 is 1. The van der Waals surface area contributed by atoms with Crippen LogP contribution in [0.25, 0.3) is 5.76 Å².